The summed E-state index contributed by atoms with van der Waals surface area (Å²) in [7, 11) is 3.16. The summed E-state index contributed by atoms with van der Waals surface area (Å²) in [6.45, 7) is 3.95. The largest absolute Gasteiger partial charge is 0.497 e. The Labute approximate surface area is 196 Å². The van der Waals surface area contributed by atoms with E-state index in [0.717, 1.165) is 5.69 Å². The molecule has 10 heteroatoms. The van der Waals surface area contributed by atoms with Crippen molar-refractivity contribution in [2.75, 3.05) is 20.8 Å². The molecule has 3 rings (SSSR count). The first-order valence-corrected chi connectivity index (χ1v) is 11.2. The number of esters is 1. The second-order valence-electron chi connectivity index (χ2n) is 6.86. The van der Waals surface area contributed by atoms with Gasteiger partial charge in [-0.2, -0.15) is 0 Å². The highest BCUT2D eigenvalue weighted by molar-refractivity contribution is 8.00. The molecule has 0 unspecified atom stereocenters. The van der Waals surface area contributed by atoms with Crippen molar-refractivity contribution in [2.24, 2.45) is 0 Å². The van der Waals surface area contributed by atoms with Gasteiger partial charge in [0, 0.05) is 11.3 Å². The molecule has 1 N–H and O–H groups in total. The number of nitrogens with zero attached hydrogens (tertiary/aromatic N) is 3. The van der Waals surface area contributed by atoms with Crippen LogP contribution in [-0.4, -0.2) is 52.7 Å². The average Bonchev–Trinajstić information content (AvgIpc) is 3.24. The molecule has 0 aliphatic heterocycles. The smallest absolute Gasteiger partial charge is 0.319 e. The van der Waals surface area contributed by atoms with Gasteiger partial charge < -0.3 is 19.5 Å². The zero-order valence-electron chi connectivity index (χ0n) is 18.9. The lowest BCUT2D eigenvalue weighted by Crippen LogP contribution is -2.24. The number of hydrogen-bond donors (Lipinski definition) is 1. The Hall–Kier alpha value is -3.53. The average molecular weight is 471 g/mol. The van der Waals surface area contributed by atoms with Gasteiger partial charge in [0.15, 0.2) is 11.0 Å². The fourth-order valence-corrected chi connectivity index (χ4v) is 3.84. The van der Waals surface area contributed by atoms with E-state index in [1.165, 1.54) is 11.8 Å². The number of nitrogens with one attached hydrogen (secondary N) is 1. The summed E-state index contributed by atoms with van der Waals surface area (Å²) < 4.78 is 17.3. The first kappa shape index (κ1) is 24.1. The first-order chi connectivity index (χ1) is 16.0. The Bertz CT molecular complexity index is 1080. The quantitative estimate of drug-likeness (QED) is 0.356. The third-order valence-electron chi connectivity index (χ3n) is 4.69. The Balaban J connectivity index is 1.84. The molecule has 0 aliphatic rings. The lowest BCUT2D eigenvalue weighted by atomic mass is 10.2. The number of thioether (sulfide) groups is 1. The minimum absolute atomic E-state index is 0.137. The van der Waals surface area contributed by atoms with Crippen molar-refractivity contribution in [3.63, 3.8) is 0 Å². The van der Waals surface area contributed by atoms with Gasteiger partial charge in [-0.3, -0.25) is 14.2 Å². The van der Waals surface area contributed by atoms with Crippen molar-refractivity contribution in [2.45, 2.75) is 30.8 Å². The predicted octanol–water partition coefficient (Wildman–Crippen LogP) is 3.26. The number of benzene rings is 2. The maximum atomic E-state index is 12.6. The van der Waals surface area contributed by atoms with Crippen LogP contribution in [0.2, 0.25) is 0 Å². The van der Waals surface area contributed by atoms with E-state index in [9.17, 15) is 9.59 Å². The van der Waals surface area contributed by atoms with Crippen LogP contribution in [0.4, 0.5) is 0 Å². The van der Waals surface area contributed by atoms with Crippen LogP contribution in [0.3, 0.4) is 0 Å². The van der Waals surface area contributed by atoms with E-state index in [2.05, 4.69) is 15.5 Å². The molecule has 0 fully saturated rings. The third kappa shape index (κ3) is 6.04. The van der Waals surface area contributed by atoms with Crippen LogP contribution in [0.5, 0.6) is 11.5 Å². The molecule has 2 aromatic carbocycles. The molecule has 0 spiro atoms. The van der Waals surface area contributed by atoms with Crippen LogP contribution in [-0.2, 0) is 16.1 Å². The molecule has 9 nitrogen and oxygen atoms in total. The minimum atomic E-state index is -0.479. The summed E-state index contributed by atoms with van der Waals surface area (Å²) in [6.07, 6.45) is 0. The Morgan fingerprint density at radius 2 is 1.61 bits per heavy atom. The van der Waals surface area contributed by atoms with Crippen molar-refractivity contribution in [3.8, 4) is 17.2 Å². The van der Waals surface area contributed by atoms with E-state index >= 15 is 0 Å². The van der Waals surface area contributed by atoms with Gasteiger partial charge in [0.05, 0.1) is 27.4 Å². The predicted molar refractivity (Wildman–Crippen MR) is 124 cm³/mol. The van der Waals surface area contributed by atoms with Crippen LogP contribution in [0.25, 0.3) is 5.69 Å². The second-order valence-corrected chi connectivity index (χ2v) is 8.16. The minimum Gasteiger partial charge on any atom is -0.497 e. The zero-order valence-corrected chi connectivity index (χ0v) is 19.7. The van der Waals surface area contributed by atoms with E-state index in [-0.39, 0.29) is 18.4 Å². The topological polar surface area (TPSA) is 105 Å². The Morgan fingerprint density at radius 3 is 2.18 bits per heavy atom. The van der Waals surface area contributed by atoms with Crippen LogP contribution in [0.15, 0.2) is 53.7 Å². The summed E-state index contributed by atoms with van der Waals surface area (Å²) in [5.41, 5.74) is 1.27. The molecular weight excluding hydrogens is 444 g/mol. The monoisotopic (exact) mass is 470 g/mol. The van der Waals surface area contributed by atoms with Crippen molar-refractivity contribution in [3.05, 3.63) is 59.9 Å². The van der Waals surface area contributed by atoms with E-state index < -0.39 is 5.25 Å². The SMILES string of the molecule is CCOC(=O)[C@H](C)Sc1nnc(CNC(=O)c2ccc(OC)cc2)n1-c1ccc(OC)cc1. The lowest BCUT2D eigenvalue weighted by molar-refractivity contribution is -0.142. The molecule has 1 atom stereocenters. The number of amides is 1. The fourth-order valence-electron chi connectivity index (χ4n) is 2.95. The van der Waals surface area contributed by atoms with Gasteiger partial charge in [-0.25, -0.2) is 0 Å². The van der Waals surface area contributed by atoms with Gasteiger partial charge in [0.1, 0.15) is 16.7 Å². The molecule has 33 heavy (non-hydrogen) atoms. The molecular formula is C23H26N4O5S. The first-order valence-electron chi connectivity index (χ1n) is 10.3. The summed E-state index contributed by atoms with van der Waals surface area (Å²) in [5, 5.41) is 11.4. The van der Waals surface area contributed by atoms with E-state index in [1.54, 1.807) is 56.9 Å². The Kier molecular flexibility index (Phi) is 8.31. The van der Waals surface area contributed by atoms with Crippen LogP contribution < -0.4 is 14.8 Å². The van der Waals surface area contributed by atoms with Gasteiger partial charge in [0.25, 0.3) is 5.91 Å². The molecule has 1 amide bonds. The molecule has 1 heterocycles. The molecule has 0 bridgehead atoms. The van der Waals surface area contributed by atoms with Crippen LogP contribution in [0.1, 0.15) is 30.0 Å². The van der Waals surface area contributed by atoms with Crippen molar-refractivity contribution < 1.29 is 23.8 Å². The zero-order chi connectivity index (χ0) is 23.8. The van der Waals surface area contributed by atoms with Gasteiger partial charge in [0.2, 0.25) is 0 Å². The van der Waals surface area contributed by atoms with Crippen LogP contribution in [0, 0.1) is 0 Å². The fraction of sp³-hybridized carbons (Fsp3) is 0.304. The van der Waals surface area contributed by atoms with Crippen molar-refractivity contribution >= 4 is 23.6 Å². The number of ether oxygens (including phenoxy) is 3. The number of hydrogen-bond acceptors (Lipinski definition) is 8. The number of carbonyl (C=O) groups excluding carboxylic acids is 2. The summed E-state index contributed by atoms with van der Waals surface area (Å²) >= 11 is 1.24. The summed E-state index contributed by atoms with van der Waals surface area (Å²) in [6, 6.07) is 14.2. The molecule has 0 saturated heterocycles. The summed E-state index contributed by atoms with van der Waals surface area (Å²) in [4.78, 5) is 24.7. The molecule has 0 aliphatic carbocycles. The van der Waals surface area contributed by atoms with Gasteiger partial charge in [-0.05, 0) is 62.4 Å². The van der Waals surface area contributed by atoms with Crippen LogP contribution >= 0.6 is 11.8 Å². The van der Waals surface area contributed by atoms with Crippen molar-refractivity contribution in [1.29, 1.82) is 0 Å². The normalized spacial score (nSPS) is 11.5. The number of carbonyl (C=O) groups is 2. The molecule has 0 radical (unpaired) electrons. The Morgan fingerprint density at radius 1 is 1.00 bits per heavy atom. The standard InChI is InChI=1S/C23H26N4O5S/c1-5-32-22(29)15(2)33-23-26-25-20(27(23)17-8-12-19(31-4)13-9-17)14-24-21(28)16-6-10-18(30-3)11-7-16/h6-13,15H,5,14H2,1-4H3,(H,24,28)/t15-/m0/s1. The highest BCUT2D eigenvalue weighted by atomic mass is 32.2. The molecule has 3 aromatic rings. The highest BCUT2D eigenvalue weighted by Crippen LogP contribution is 2.27. The molecule has 1 aromatic heterocycles. The molecule has 174 valence electrons. The summed E-state index contributed by atoms with van der Waals surface area (Å²) in [5.74, 6) is 1.30. The maximum Gasteiger partial charge on any atom is 0.319 e. The van der Waals surface area contributed by atoms with Crippen molar-refractivity contribution in [1.82, 2.24) is 20.1 Å². The number of rotatable bonds is 10. The molecule has 0 saturated carbocycles. The van der Waals surface area contributed by atoms with Gasteiger partial charge in [-0.15, -0.1) is 10.2 Å². The highest BCUT2D eigenvalue weighted by Gasteiger charge is 2.22. The van der Waals surface area contributed by atoms with Gasteiger partial charge >= 0.3 is 5.97 Å². The second kappa shape index (κ2) is 11.4. The maximum absolute atomic E-state index is 12.6. The van der Waals surface area contributed by atoms with E-state index in [4.69, 9.17) is 14.2 Å². The number of aromatic nitrogens is 3. The lowest BCUT2D eigenvalue weighted by Gasteiger charge is -2.14. The van der Waals surface area contributed by atoms with E-state index in [1.807, 2.05) is 24.3 Å². The number of methoxy groups -OCH3 is 2. The van der Waals surface area contributed by atoms with E-state index in [0.29, 0.717) is 34.7 Å². The third-order valence-corrected chi connectivity index (χ3v) is 5.71. The van der Waals surface area contributed by atoms with Gasteiger partial charge in [-0.1, -0.05) is 11.8 Å².